The van der Waals surface area contributed by atoms with E-state index in [1.807, 2.05) is 74.5 Å². The first-order valence-electron chi connectivity index (χ1n) is 15.3. The second-order valence-corrected chi connectivity index (χ2v) is 11.4. The van der Waals surface area contributed by atoms with Crippen LogP contribution in [-0.4, -0.2) is 37.3 Å². The van der Waals surface area contributed by atoms with Gasteiger partial charge in [0.2, 0.25) is 11.8 Å². The van der Waals surface area contributed by atoms with Crippen molar-refractivity contribution in [1.29, 1.82) is 0 Å². The quantitative estimate of drug-likeness (QED) is 0.0881. The number of phenolic OH excluding ortho intramolecular Hbond substituents is 1. The maximum atomic E-state index is 11.1. The third-order valence-corrected chi connectivity index (χ3v) is 7.32. The van der Waals surface area contributed by atoms with Crippen LogP contribution >= 0.6 is 0 Å². The Morgan fingerprint density at radius 3 is 1.40 bits per heavy atom. The number of phenols is 1. The smallest absolute Gasteiger partial charge is 0.221 e. The molecule has 2 aromatic heterocycles. The van der Waals surface area contributed by atoms with E-state index >= 15 is 0 Å². The molecule has 2 heterocycles. The van der Waals surface area contributed by atoms with Crippen molar-refractivity contribution in [3.05, 3.63) is 114 Å². The summed E-state index contributed by atoms with van der Waals surface area (Å²) < 4.78 is 0. The molecule has 7 N–H and O–H groups in total. The van der Waals surface area contributed by atoms with Crippen molar-refractivity contribution in [2.45, 2.75) is 34.6 Å². The number of carbonyl (C=O) groups is 2. The largest absolute Gasteiger partial charge is 0.508 e. The summed E-state index contributed by atoms with van der Waals surface area (Å²) in [5, 5.41) is 36.0. The van der Waals surface area contributed by atoms with Crippen molar-refractivity contribution in [3.63, 3.8) is 0 Å². The average molecular weight is 643 g/mol. The van der Waals surface area contributed by atoms with E-state index in [1.165, 1.54) is 19.4 Å². The Balaban J connectivity index is 0.000000188. The van der Waals surface area contributed by atoms with Crippen molar-refractivity contribution >= 4 is 46.2 Å². The highest BCUT2D eigenvalue weighted by atomic mass is 16.3. The summed E-state index contributed by atoms with van der Waals surface area (Å²) >= 11 is 0. The molecule has 0 atom stereocenters. The fraction of sp³-hybridized carbons (Fsp3) is 0.135. The number of nitrogens with zero attached hydrogens (tertiary/aromatic N) is 2. The minimum Gasteiger partial charge on any atom is -0.508 e. The van der Waals surface area contributed by atoms with Gasteiger partial charge in [0.25, 0.3) is 0 Å². The molecule has 0 spiro atoms. The molecule has 6 aromatic rings. The van der Waals surface area contributed by atoms with E-state index in [0.29, 0.717) is 5.82 Å². The summed E-state index contributed by atoms with van der Waals surface area (Å²) in [5.74, 6) is 1.49. The lowest BCUT2D eigenvalue weighted by atomic mass is 10.1. The molecule has 0 fully saturated rings. The highest BCUT2D eigenvalue weighted by Gasteiger charge is 2.08. The molecule has 6 rings (SSSR count). The summed E-state index contributed by atoms with van der Waals surface area (Å²) in [5.41, 5.74) is 10.5. The van der Waals surface area contributed by atoms with Gasteiger partial charge in [-0.1, -0.05) is 29.8 Å². The number of aryl methyl sites for hydroxylation is 3. The molecular weight excluding hydrogens is 604 g/mol. The monoisotopic (exact) mass is 642 g/mol. The Labute approximate surface area is 278 Å². The molecule has 11 nitrogen and oxygen atoms in total. The fourth-order valence-electron chi connectivity index (χ4n) is 4.89. The lowest BCUT2D eigenvalue weighted by Gasteiger charge is -2.09. The number of rotatable bonds is 8. The molecule has 11 heteroatoms. The van der Waals surface area contributed by atoms with Crippen LogP contribution in [-0.2, 0) is 9.59 Å². The first-order valence-corrected chi connectivity index (χ1v) is 15.3. The predicted molar refractivity (Wildman–Crippen MR) is 192 cm³/mol. The van der Waals surface area contributed by atoms with E-state index < -0.39 is 0 Å². The van der Waals surface area contributed by atoms with Gasteiger partial charge in [0.05, 0.1) is 11.4 Å². The summed E-state index contributed by atoms with van der Waals surface area (Å²) in [4.78, 5) is 22.2. The molecule has 0 aliphatic heterocycles. The number of aromatic amines is 2. The molecule has 0 saturated carbocycles. The normalized spacial score (nSPS) is 10.4. The van der Waals surface area contributed by atoms with Gasteiger partial charge in [0.15, 0.2) is 11.6 Å². The number of nitrogens with one attached hydrogen (secondary N) is 6. The molecule has 4 aromatic carbocycles. The topological polar surface area (TPSA) is 160 Å². The van der Waals surface area contributed by atoms with Crippen molar-refractivity contribution in [2.24, 2.45) is 0 Å². The van der Waals surface area contributed by atoms with Crippen LogP contribution in [0.5, 0.6) is 5.75 Å². The molecule has 48 heavy (non-hydrogen) atoms. The number of anilines is 6. The third-order valence-electron chi connectivity index (χ3n) is 7.32. The maximum Gasteiger partial charge on any atom is 0.221 e. The number of H-pyrrole nitrogens is 2. The van der Waals surface area contributed by atoms with Crippen molar-refractivity contribution in [3.8, 4) is 28.3 Å². The third kappa shape index (κ3) is 8.88. The average Bonchev–Trinajstić information content (AvgIpc) is 3.71. The van der Waals surface area contributed by atoms with Crippen LogP contribution in [0.15, 0.2) is 97.1 Å². The van der Waals surface area contributed by atoms with Gasteiger partial charge in [0.1, 0.15) is 5.75 Å². The van der Waals surface area contributed by atoms with Gasteiger partial charge < -0.3 is 26.4 Å². The number of hydrogen-bond donors (Lipinski definition) is 7. The first kappa shape index (κ1) is 33.0. The van der Waals surface area contributed by atoms with Crippen LogP contribution in [0.3, 0.4) is 0 Å². The lowest BCUT2D eigenvalue weighted by molar-refractivity contribution is -0.115. The number of aromatic hydroxyl groups is 1. The van der Waals surface area contributed by atoms with Crippen LogP contribution < -0.4 is 21.3 Å². The molecule has 0 aliphatic carbocycles. The predicted octanol–water partition coefficient (Wildman–Crippen LogP) is 8.19. The van der Waals surface area contributed by atoms with E-state index in [0.717, 1.165) is 62.2 Å². The number of hydrogen-bond acceptors (Lipinski definition) is 7. The lowest BCUT2D eigenvalue weighted by Crippen LogP contribution is -2.06. The summed E-state index contributed by atoms with van der Waals surface area (Å²) in [7, 11) is 0. The van der Waals surface area contributed by atoms with E-state index in [-0.39, 0.29) is 17.6 Å². The fourth-order valence-corrected chi connectivity index (χ4v) is 4.89. The molecule has 0 unspecified atom stereocenters. The number of benzene rings is 4. The van der Waals surface area contributed by atoms with Crippen molar-refractivity contribution in [1.82, 2.24) is 20.4 Å². The summed E-state index contributed by atoms with van der Waals surface area (Å²) in [6, 6.07) is 30.4. The maximum absolute atomic E-state index is 11.1. The Bertz CT molecular complexity index is 1880. The number of amides is 2. The standard InChI is InChI=1S/C19H20N4O.C18H18N4O2/c1-12-4-6-15(7-5-12)18-11-19(23-22-18)21-17-9-8-16(10-13(17)2)20-14(3)24;1-11-9-14(19-12(2)23)5-8-16(11)20-18-10-17(21-22-18)13-3-6-15(24)7-4-13/h4-11H,1-3H3,(H,20,24)(H2,21,22,23);3-10,24H,1-2H3,(H,19,23)(H2,20,21,22). The first-order chi connectivity index (χ1) is 23.0. The molecule has 0 radical (unpaired) electrons. The molecule has 244 valence electrons. The van der Waals surface area contributed by atoms with Crippen LogP contribution in [0.25, 0.3) is 22.5 Å². The van der Waals surface area contributed by atoms with E-state index in [9.17, 15) is 14.7 Å². The van der Waals surface area contributed by atoms with Crippen LogP contribution in [0.4, 0.5) is 34.4 Å². The Kier molecular flexibility index (Phi) is 10.2. The number of carbonyl (C=O) groups excluding carboxylic acids is 2. The van der Waals surface area contributed by atoms with Crippen LogP contribution in [0.1, 0.15) is 30.5 Å². The zero-order valence-corrected chi connectivity index (χ0v) is 27.4. The highest BCUT2D eigenvalue weighted by molar-refractivity contribution is 5.90. The Morgan fingerprint density at radius 1 is 0.583 bits per heavy atom. The Hall–Kier alpha value is -6.36. The van der Waals surface area contributed by atoms with Gasteiger partial charge in [-0.15, -0.1) is 0 Å². The molecule has 2 amide bonds. The molecule has 0 saturated heterocycles. The Morgan fingerprint density at radius 2 is 1.00 bits per heavy atom. The second-order valence-electron chi connectivity index (χ2n) is 11.4. The summed E-state index contributed by atoms with van der Waals surface area (Å²) in [6.07, 6.45) is 0. The van der Waals surface area contributed by atoms with Gasteiger partial charge in [-0.25, -0.2) is 0 Å². The van der Waals surface area contributed by atoms with Gasteiger partial charge in [-0.2, -0.15) is 10.2 Å². The minimum absolute atomic E-state index is 0.0786. The van der Waals surface area contributed by atoms with E-state index in [4.69, 9.17) is 0 Å². The highest BCUT2D eigenvalue weighted by Crippen LogP contribution is 2.28. The SMILES string of the molecule is CC(=O)Nc1ccc(Nc2cc(-c3ccc(C)cc3)[nH]n2)c(C)c1.CC(=O)Nc1ccc(Nc2cc(-c3ccc(O)cc3)[nH]n2)c(C)c1. The zero-order chi connectivity index (χ0) is 34.2. The zero-order valence-electron chi connectivity index (χ0n) is 27.4. The van der Waals surface area contributed by atoms with Gasteiger partial charge in [-0.05, 0) is 104 Å². The van der Waals surface area contributed by atoms with Gasteiger partial charge >= 0.3 is 0 Å². The van der Waals surface area contributed by atoms with Crippen molar-refractivity contribution < 1.29 is 14.7 Å². The number of aromatic nitrogens is 4. The van der Waals surface area contributed by atoms with Crippen LogP contribution in [0, 0.1) is 20.8 Å². The van der Waals surface area contributed by atoms with E-state index in [2.05, 4.69) is 72.9 Å². The molecular formula is C37H38N8O3. The summed E-state index contributed by atoms with van der Waals surface area (Å²) in [6.45, 7) is 8.99. The van der Waals surface area contributed by atoms with E-state index in [1.54, 1.807) is 12.1 Å². The minimum atomic E-state index is -0.0963. The van der Waals surface area contributed by atoms with Crippen LogP contribution in [0.2, 0.25) is 0 Å². The molecule has 0 aliphatic rings. The van der Waals surface area contributed by atoms with Gasteiger partial charge in [-0.3, -0.25) is 19.8 Å². The molecule has 0 bridgehead atoms. The van der Waals surface area contributed by atoms with Crippen molar-refractivity contribution in [2.75, 3.05) is 21.3 Å². The van der Waals surface area contributed by atoms with Gasteiger partial charge in [0, 0.05) is 48.7 Å². The second kappa shape index (κ2) is 14.8.